The Kier molecular flexibility index (Phi) is 6.29. The Morgan fingerprint density at radius 2 is 2.03 bits per heavy atom. The molecule has 2 aromatic heterocycles. The summed E-state index contributed by atoms with van der Waals surface area (Å²) in [4.78, 5) is 19.9. The number of anilines is 1. The van der Waals surface area contributed by atoms with Crippen molar-refractivity contribution in [3.63, 3.8) is 0 Å². The fourth-order valence-corrected chi connectivity index (χ4v) is 4.47. The van der Waals surface area contributed by atoms with Crippen LogP contribution in [0.15, 0.2) is 36.5 Å². The molecule has 1 N–H and O–H groups in total. The van der Waals surface area contributed by atoms with E-state index in [0.717, 1.165) is 42.7 Å². The molecule has 4 rings (SSSR count). The SMILES string of the molecule is CCN(CC)Cc1cc2nccc(Oc3ccc(NC(=O)CC4CC4)cc3F)c2s1. The van der Waals surface area contributed by atoms with Crippen molar-refractivity contribution in [2.75, 3.05) is 18.4 Å². The number of amides is 1. The van der Waals surface area contributed by atoms with Crippen molar-refractivity contribution in [3.05, 3.63) is 47.2 Å². The summed E-state index contributed by atoms with van der Waals surface area (Å²) in [6, 6.07) is 8.35. The molecule has 3 aromatic rings. The summed E-state index contributed by atoms with van der Waals surface area (Å²) >= 11 is 1.62. The molecule has 0 radical (unpaired) electrons. The van der Waals surface area contributed by atoms with Gasteiger partial charge in [-0.3, -0.25) is 14.7 Å². The van der Waals surface area contributed by atoms with Crippen LogP contribution >= 0.6 is 11.3 Å². The number of aromatic nitrogens is 1. The maximum Gasteiger partial charge on any atom is 0.224 e. The topological polar surface area (TPSA) is 54.5 Å². The smallest absolute Gasteiger partial charge is 0.224 e. The van der Waals surface area contributed by atoms with E-state index in [1.165, 1.54) is 10.9 Å². The van der Waals surface area contributed by atoms with Gasteiger partial charge in [0, 0.05) is 41.9 Å². The van der Waals surface area contributed by atoms with Gasteiger partial charge in [0.25, 0.3) is 0 Å². The highest BCUT2D eigenvalue weighted by Crippen LogP contribution is 2.37. The second-order valence-electron chi connectivity index (χ2n) is 7.64. The predicted octanol–water partition coefficient (Wildman–Crippen LogP) is 5.81. The van der Waals surface area contributed by atoms with Crippen LogP contribution in [0.4, 0.5) is 10.1 Å². The van der Waals surface area contributed by atoms with E-state index in [-0.39, 0.29) is 11.7 Å². The van der Waals surface area contributed by atoms with Gasteiger partial charge in [-0.05, 0) is 50.0 Å². The molecule has 5 nitrogen and oxygen atoms in total. The fraction of sp³-hybridized carbons (Fsp3) is 0.391. The van der Waals surface area contributed by atoms with E-state index in [1.807, 2.05) is 0 Å². The lowest BCUT2D eigenvalue weighted by Crippen LogP contribution is -2.21. The summed E-state index contributed by atoms with van der Waals surface area (Å²) in [6.45, 7) is 7.11. The molecule has 1 fully saturated rings. The summed E-state index contributed by atoms with van der Waals surface area (Å²) in [7, 11) is 0. The number of carbonyl (C=O) groups excluding carboxylic acids is 1. The van der Waals surface area contributed by atoms with Crippen LogP contribution in [0.2, 0.25) is 0 Å². The number of halogens is 1. The average Bonchev–Trinajstić information content (AvgIpc) is 3.43. The fourth-order valence-electron chi connectivity index (χ4n) is 3.37. The van der Waals surface area contributed by atoms with Crippen molar-refractivity contribution >= 4 is 33.1 Å². The molecule has 0 saturated heterocycles. The minimum atomic E-state index is -0.510. The monoisotopic (exact) mass is 427 g/mol. The standard InChI is InChI=1S/C23H26FN3O2S/c1-3-27(4-2)14-17-13-19-23(30-17)21(9-10-25-19)29-20-8-7-16(12-18(20)24)26-22(28)11-15-5-6-15/h7-10,12-13,15H,3-6,11,14H2,1-2H3,(H,26,28). The number of nitrogens with zero attached hydrogens (tertiary/aromatic N) is 2. The summed E-state index contributed by atoms with van der Waals surface area (Å²) in [5, 5.41) is 2.76. The number of ether oxygens (including phenoxy) is 1. The second-order valence-corrected chi connectivity index (χ2v) is 8.78. The zero-order valence-corrected chi connectivity index (χ0v) is 18.1. The highest BCUT2D eigenvalue weighted by molar-refractivity contribution is 7.19. The number of pyridine rings is 1. The number of benzene rings is 1. The van der Waals surface area contributed by atoms with E-state index < -0.39 is 5.82 Å². The van der Waals surface area contributed by atoms with Crippen molar-refractivity contribution < 1.29 is 13.9 Å². The normalized spacial score (nSPS) is 13.7. The molecule has 158 valence electrons. The molecule has 2 heterocycles. The van der Waals surface area contributed by atoms with Gasteiger partial charge in [0.1, 0.15) is 5.75 Å². The quantitative estimate of drug-likeness (QED) is 0.468. The molecule has 1 aliphatic rings. The van der Waals surface area contributed by atoms with Gasteiger partial charge in [0.2, 0.25) is 5.91 Å². The number of fused-ring (bicyclic) bond motifs is 1. The maximum atomic E-state index is 14.6. The molecule has 7 heteroatoms. The minimum absolute atomic E-state index is 0.0688. The van der Waals surface area contributed by atoms with Gasteiger partial charge in [-0.1, -0.05) is 13.8 Å². The Hall–Kier alpha value is -2.51. The molecule has 0 bridgehead atoms. The van der Waals surface area contributed by atoms with Gasteiger partial charge in [-0.15, -0.1) is 11.3 Å². The highest BCUT2D eigenvalue weighted by atomic mass is 32.1. The molecule has 30 heavy (non-hydrogen) atoms. The first-order chi connectivity index (χ1) is 14.6. The number of rotatable bonds is 9. The largest absolute Gasteiger partial charge is 0.453 e. The summed E-state index contributed by atoms with van der Waals surface area (Å²) in [5.74, 6) is 0.621. The molecule has 0 aliphatic heterocycles. The van der Waals surface area contributed by atoms with Gasteiger partial charge in [0.05, 0.1) is 10.2 Å². The molecule has 0 atom stereocenters. The highest BCUT2D eigenvalue weighted by Gasteiger charge is 2.24. The Morgan fingerprint density at radius 3 is 2.73 bits per heavy atom. The number of hydrogen-bond donors (Lipinski definition) is 1. The third-order valence-corrected chi connectivity index (χ3v) is 6.43. The van der Waals surface area contributed by atoms with Crippen molar-refractivity contribution in [1.29, 1.82) is 0 Å². The Labute approximate surface area is 179 Å². The van der Waals surface area contributed by atoms with Crippen LogP contribution in [0, 0.1) is 11.7 Å². The first kappa shape index (κ1) is 20.8. The molecular weight excluding hydrogens is 401 g/mol. The van der Waals surface area contributed by atoms with Crippen LogP contribution in [0.1, 0.15) is 38.0 Å². The zero-order valence-electron chi connectivity index (χ0n) is 17.3. The number of hydrogen-bond acceptors (Lipinski definition) is 5. The first-order valence-electron chi connectivity index (χ1n) is 10.4. The van der Waals surface area contributed by atoms with Gasteiger partial charge in [-0.2, -0.15) is 0 Å². The second kappa shape index (κ2) is 9.10. The number of carbonyl (C=O) groups is 1. The van der Waals surface area contributed by atoms with Crippen molar-refractivity contribution in [1.82, 2.24) is 9.88 Å². The van der Waals surface area contributed by atoms with Gasteiger partial charge in [-0.25, -0.2) is 4.39 Å². The molecule has 1 aliphatic carbocycles. The molecular formula is C23H26FN3O2S. The summed E-state index contributed by atoms with van der Waals surface area (Å²) in [6.07, 6.45) is 4.39. The lowest BCUT2D eigenvalue weighted by atomic mass is 10.2. The molecule has 0 spiro atoms. The lowest BCUT2D eigenvalue weighted by molar-refractivity contribution is -0.116. The third-order valence-electron chi connectivity index (χ3n) is 5.31. The first-order valence-corrected chi connectivity index (χ1v) is 11.2. The van der Waals surface area contributed by atoms with Crippen LogP contribution < -0.4 is 10.1 Å². The van der Waals surface area contributed by atoms with Gasteiger partial charge in [0.15, 0.2) is 11.6 Å². The van der Waals surface area contributed by atoms with Crippen LogP contribution in [0.3, 0.4) is 0 Å². The number of nitrogens with one attached hydrogen (secondary N) is 1. The molecule has 1 amide bonds. The van der Waals surface area contributed by atoms with E-state index in [9.17, 15) is 9.18 Å². The van der Waals surface area contributed by atoms with E-state index in [2.05, 4.69) is 35.1 Å². The number of thiophene rings is 1. The third kappa shape index (κ3) is 4.96. The van der Waals surface area contributed by atoms with Crippen molar-refractivity contribution in [2.45, 2.75) is 39.7 Å². The molecule has 0 unspecified atom stereocenters. The van der Waals surface area contributed by atoms with E-state index in [4.69, 9.17) is 4.74 Å². The Bertz CT molecular complexity index is 1040. The Morgan fingerprint density at radius 1 is 1.23 bits per heavy atom. The molecule has 1 aromatic carbocycles. The van der Waals surface area contributed by atoms with Crippen molar-refractivity contribution in [3.8, 4) is 11.5 Å². The van der Waals surface area contributed by atoms with Crippen molar-refractivity contribution in [2.24, 2.45) is 5.92 Å². The van der Waals surface area contributed by atoms with Crippen LogP contribution in [0.5, 0.6) is 11.5 Å². The van der Waals surface area contributed by atoms with Crippen LogP contribution in [0.25, 0.3) is 10.2 Å². The maximum absolute atomic E-state index is 14.6. The van der Waals surface area contributed by atoms with E-state index in [0.29, 0.717) is 23.8 Å². The van der Waals surface area contributed by atoms with Crippen LogP contribution in [-0.2, 0) is 11.3 Å². The summed E-state index contributed by atoms with van der Waals surface area (Å²) in [5.41, 5.74) is 1.30. The zero-order chi connectivity index (χ0) is 21.1. The minimum Gasteiger partial charge on any atom is -0.453 e. The van der Waals surface area contributed by atoms with Crippen LogP contribution in [-0.4, -0.2) is 28.9 Å². The predicted molar refractivity (Wildman–Crippen MR) is 119 cm³/mol. The molecule has 1 saturated carbocycles. The van der Waals surface area contributed by atoms with E-state index in [1.54, 1.807) is 35.7 Å². The average molecular weight is 428 g/mol. The van der Waals surface area contributed by atoms with E-state index >= 15 is 0 Å². The summed E-state index contributed by atoms with van der Waals surface area (Å²) < 4.78 is 21.4. The lowest BCUT2D eigenvalue weighted by Gasteiger charge is -2.16. The van der Waals surface area contributed by atoms with Gasteiger partial charge < -0.3 is 10.1 Å². The Balaban J connectivity index is 1.50. The van der Waals surface area contributed by atoms with Gasteiger partial charge >= 0.3 is 0 Å².